The first-order valence-corrected chi connectivity index (χ1v) is 5.50. The van der Waals surface area contributed by atoms with Crippen molar-refractivity contribution in [3.63, 3.8) is 0 Å². The molecule has 1 aromatic carbocycles. The molecule has 0 radical (unpaired) electrons. The second-order valence-electron chi connectivity index (χ2n) is 4.05. The summed E-state index contributed by atoms with van der Waals surface area (Å²) in [5.74, 6) is -1.07. The first-order valence-electron chi connectivity index (χ1n) is 5.50. The standard InChI is InChI=1S/C12H18N2O4/c1-7-3-8(14-5-9(15)6-18-2)4-10(11(7)13)12(16)17/h3-4,9,14-15H,5-6,13H2,1-2H3,(H,16,17). The highest BCUT2D eigenvalue weighted by molar-refractivity contribution is 5.95. The maximum absolute atomic E-state index is 11.0. The highest BCUT2D eigenvalue weighted by atomic mass is 16.5. The normalized spacial score (nSPS) is 12.2. The number of hydrogen-bond donors (Lipinski definition) is 4. The molecule has 1 rings (SSSR count). The number of hydrogen-bond acceptors (Lipinski definition) is 5. The van der Waals surface area contributed by atoms with Gasteiger partial charge >= 0.3 is 5.97 Å². The number of aliphatic hydroxyl groups is 1. The Balaban J connectivity index is 2.81. The molecule has 0 saturated carbocycles. The number of nitrogens with two attached hydrogens (primary N) is 1. The lowest BCUT2D eigenvalue weighted by atomic mass is 10.1. The van der Waals surface area contributed by atoms with Gasteiger partial charge in [-0.3, -0.25) is 0 Å². The third kappa shape index (κ3) is 3.61. The van der Waals surface area contributed by atoms with Gasteiger partial charge in [-0.2, -0.15) is 0 Å². The molecule has 1 unspecified atom stereocenters. The van der Waals surface area contributed by atoms with E-state index in [4.69, 9.17) is 15.6 Å². The SMILES string of the molecule is COCC(O)CNc1cc(C)c(N)c(C(=O)O)c1. The van der Waals surface area contributed by atoms with Crippen molar-refractivity contribution in [1.29, 1.82) is 0 Å². The van der Waals surface area contributed by atoms with Gasteiger partial charge < -0.3 is 26.0 Å². The van der Waals surface area contributed by atoms with Crippen LogP contribution in [0.25, 0.3) is 0 Å². The highest BCUT2D eigenvalue weighted by Gasteiger charge is 2.12. The Morgan fingerprint density at radius 3 is 2.78 bits per heavy atom. The maximum Gasteiger partial charge on any atom is 0.337 e. The predicted octanol–water partition coefficient (Wildman–Crippen LogP) is 0.695. The number of ether oxygens (including phenoxy) is 1. The lowest BCUT2D eigenvalue weighted by Crippen LogP contribution is -2.24. The molecule has 0 aliphatic rings. The van der Waals surface area contributed by atoms with Gasteiger partial charge in [0.1, 0.15) is 0 Å². The Hall–Kier alpha value is -1.79. The summed E-state index contributed by atoms with van der Waals surface area (Å²) < 4.78 is 4.79. The Kier molecular flexibility index (Phi) is 4.94. The summed E-state index contributed by atoms with van der Waals surface area (Å²) in [7, 11) is 1.50. The van der Waals surface area contributed by atoms with E-state index in [-0.39, 0.29) is 24.4 Å². The largest absolute Gasteiger partial charge is 0.478 e. The van der Waals surface area contributed by atoms with E-state index >= 15 is 0 Å². The lowest BCUT2D eigenvalue weighted by molar-refractivity contribution is 0.0698. The van der Waals surface area contributed by atoms with Crippen LogP contribution in [-0.4, -0.2) is 42.5 Å². The van der Waals surface area contributed by atoms with E-state index in [2.05, 4.69) is 5.32 Å². The Labute approximate surface area is 105 Å². The molecule has 6 nitrogen and oxygen atoms in total. The van der Waals surface area contributed by atoms with Crippen molar-refractivity contribution in [1.82, 2.24) is 0 Å². The number of carbonyl (C=O) groups is 1. The molecule has 0 fully saturated rings. The number of aryl methyl sites for hydroxylation is 1. The molecule has 100 valence electrons. The number of anilines is 2. The third-order valence-corrected chi connectivity index (χ3v) is 2.52. The summed E-state index contributed by atoms with van der Waals surface area (Å²) >= 11 is 0. The van der Waals surface area contributed by atoms with Crippen LogP contribution in [0.15, 0.2) is 12.1 Å². The second-order valence-corrected chi connectivity index (χ2v) is 4.05. The predicted molar refractivity (Wildman–Crippen MR) is 68.9 cm³/mol. The summed E-state index contributed by atoms with van der Waals surface area (Å²) in [6.07, 6.45) is -0.652. The van der Waals surface area contributed by atoms with E-state index in [0.717, 1.165) is 0 Å². The van der Waals surface area contributed by atoms with Crippen LogP contribution < -0.4 is 11.1 Å². The van der Waals surface area contributed by atoms with Crippen molar-refractivity contribution in [2.75, 3.05) is 31.3 Å². The third-order valence-electron chi connectivity index (χ3n) is 2.52. The topological polar surface area (TPSA) is 105 Å². The Morgan fingerprint density at radius 2 is 2.22 bits per heavy atom. The second kappa shape index (κ2) is 6.23. The average molecular weight is 254 g/mol. The molecular weight excluding hydrogens is 236 g/mol. The van der Waals surface area contributed by atoms with Crippen LogP contribution in [0.5, 0.6) is 0 Å². The molecule has 0 amide bonds. The van der Waals surface area contributed by atoms with Crippen LogP contribution in [-0.2, 0) is 4.74 Å². The highest BCUT2D eigenvalue weighted by Crippen LogP contribution is 2.22. The zero-order valence-corrected chi connectivity index (χ0v) is 10.4. The minimum atomic E-state index is -1.07. The van der Waals surface area contributed by atoms with Crippen molar-refractivity contribution >= 4 is 17.3 Å². The quantitative estimate of drug-likeness (QED) is 0.557. The van der Waals surface area contributed by atoms with Crippen molar-refractivity contribution in [2.45, 2.75) is 13.0 Å². The van der Waals surface area contributed by atoms with Gasteiger partial charge in [0.15, 0.2) is 0 Å². The fourth-order valence-electron chi connectivity index (χ4n) is 1.56. The van der Waals surface area contributed by atoms with Crippen LogP contribution in [0, 0.1) is 6.92 Å². The Morgan fingerprint density at radius 1 is 1.56 bits per heavy atom. The van der Waals surface area contributed by atoms with Gasteiger partial charge in [0.25, 0.3) is 0 Å². The molecule has 18 heavy (non-hydrogen) atoms. The summed E-state index contributed by atoms with van der Waals surface area (Å²) in [6.45, 7) is 2.22. The summed E-state index contributed by atoms with van der Waals surface area (Å²) in [4.78, 5) is 11.0. The van der Waals surface area contributed by atoms with Crippen molar-refractivity contribution < 1.29 is 19.7 Å². The van der Waals surface area contributed by atoms with Gasteiger partial charge in [-0.1, -0.05) is 0 Å². The molecule has 0 aromatic heterocycles. The van der Waals surface area contributed by atoms with Crippen LogP contribution in [0.2, 0.25) is 0 Å². The molecule has 6 heteroatoms. The van der Waals surface area contributed by atoms with E-state index in [0.29, 0.717) is 11.3 Å². The van der Waals surface area contributed by atoms with Crippen LogP contribution in [0.1, 0.15) is 15.9 Å². The zero-order valence-electron chi connectivity index (χ0n) is 10.4. The molecule has 0 aliphatic carbocycles. The number of benzene rings is 1. The average Bonchev–Trinajstić information content (AvgIpc) is 2.30. The number of aromatic carboxylic acids is 1. The molecule has 0 spiro atoms. The fourth-order valence-corrected chi connectivity index (χ4v) is 1.56. The molecule has 0 aliphatic heterocycles. The molecule has 1 aromatic rings. The van der Waals surface area contributed by atoms with Crippen molar-refractivity contribution in [2.24, 2.45) is 0 Å². The minimum Gasteiger partial charge on any atom is -0.478 e. The number of methoxy groups -OCH3 is 1. The van der Waals surface area contributed by atoms with E-state index in [1.54, 1.807) is 13.0 Å². The number of nitrogen functional groups attached to an aromatic ring is 1. The molecule has 0 bridgehead atoms. The van der Waals surface area contributed by atoms with Gasteiger partial charge in [0.05, 0.1) is 18.3 Å². The minimum absolute atomic E-state index is 0.0544. The number of rotatable bonds is 6. The van der Waals surface area contributed by atoms with Gasteiger partial charge in [0.2, 0.25) is 0 Å². The van der Waals surface area contributed by atoms with Crippen molar-refractivity contribution in [3.05, 3.63) is 23.3 Å². The molecule has 0 heterocycles. The maximum atomic E-state index is 11.0. The number of nitrogens with one attached hydrogen (secondary N) is 1. The number of carboxylic acids is 1. The van der Waals surface area contributed by atoms with E-state index in [1.165, 1.54) is 13.2 Å². The molecular formula is C12H18N2O4. The lowest BCUT2D eigenvalue weighted by Gasteiger charge is -2.14. The first kappa shape index (κ1) is 14.3. The fraction of sp³-hybridized carbons (Fsp3) is 0.417. The smallest absolute Gasteiger partial charge is 0.337 e. The van der Waals surface area contributed by atoms with E-state index in [1.807, 2.05) is 0 Å². The van der Waals surface area contributed by atoms with Crippen LogP contribution in [0.4, 0.5) is 11.4 Å². The summed E-state index contributed by atoms with van der Waals surface area (Å²) in [6, 6.07) is 3.19. The molecule has 0 saturated heterocycles. The van der Waals surface area contributed by atoms with E-state index < -0.39 is 12.1 Å². The number of carboxylic acid groups (broad SMARTS) is 1. The molecule has 5 N–H and O–H groups in total. The van der Waals surface area contributed by atoms with E-state index in [9.17, 15) is 9.90 Å². The zero-order chi connectivity index (χ0) is 13.7. The van der Waals surface area contributed by atoms with Crippen LogP contribution in [0.3, 0.4) is 0 Å². The molecule has 1 atom stereocenters. The van der Waals surface area contributed by atoms with Crippen LogP contribution >= 0.6 is 0 Å². The summed E-state index contributed by atoms with van der Waals surface area (Å²) in [5, 5.41) is 21.4. The van der Waals surface area contributed by atoms with Gasteiger partial charge in [-0.15, -0.1) is 0 Å². The van der Waals surface area contributed by atoms with Gasteiger partial charge in [-0.05, 0) is 24.6 Å². The summed E-state index contributed by atoms with van der Waals surface area (Å²) in [5.41, 5.74) is 7.27. The van der Waals surface area contributed by atoms with Gasteiger partial charge in [0, 0.05) is 25.0 Å². The van der Waals surface area contributed by atoms with Crippen molar-refractivity contribution in [3.8, 4) is 0 Å². The first-order chi connectivity index (χ1) is 8.45. The monoisotopic (exact) mass is 254 g/mol. The van der Waals surface area contributed by atoms with Gasteiger partial charge in [-0.25, -0.2) is 4.79 Å². The Bertz CT molecular complexity index is 434. The number of aliphatic hydroxyl groups excluding tert-OH is 1.